The van der Waals surface area contributed by atoms with Gasteiger partial charge in [0.25, 0.3) is 11.6 Å². The van der Waals surface area contributed by atoms with Gasteiger partial charge in [-0.3, -0.25) is 14.9 Å². The molecule has 1 aromatic heterocycles. The van der Waals surface area contributed by atoms with Crippen LogP contribution in [0.4, 0.5) is 11.4 Å². The van der Waals surface area contributed by atoms with Crippen molar-refractivity contribution in [1.82, 2.24) is 4.98 Å². The number of thiazole rings is 1. The lowest BCUT2D eigenvalue weighted by Crippen LogP contribution is -2.12. The number of aromatic nitrogens is 1. The lowest BCUT2D eigenvalue weighted by atomic mass is 10.1. The number of anilines is 1. The van der Waals surface area contributed by atoms with Crippen LogP contribution >= 0.6 is 22.9 Å². The zero-order chi connectivity index (χ0) is 18.0. The minimum absolute atomic E-state index is 0.0116. The fraction of sp³-hybridized carbons (Fsp3) is 0.0588. The molecule has 0 unspecified atom stereocenters. The summed E-state index contributed by atoms with van der Waals surface area (Å²) in [6, 6.07) is 11.2. The lowest BCUT2D eigenvalue weighted by molar-refractivity contribution is -0.384. The smallest absolute Gasteiger partial charge is 0.288 e. The number of nitro benzene ring substituents is 1. The number of hydrogen-bond donors (Lipinski definition) is 1. The van der Waals surface area contributed by atoms with Crippen molar-refractivity contribution in [3.63, 3.8) is 0 Å². The number of benzene rings is 2. The van der Waals surface area contributed by atoms with Crippen LogP contribution in [0.3, 0.4) is 0 Å². The van der Waals surface area contributed by atoms with E-state index in [0.29, 0.717) is 5.69 Å². The number of nitrogens with zero attached hydrogens (tertiary/aromatic N) is 2. The van der Waals surface area contributed by atoms with E-state index in [2.05, 4.69) is 10.3 Å². The van der Waals surface area contributed by atoms with E-state index in [4.69, 9.17) is 11.6 Å². The largest absolute Gasteiger partial charge is 0.322 e. The van der Waals surface area contributed by atoms with Gasteiger partial charge in [0.1, 0.15) is 5.02 Å². The molecule has 25 heavy (non-hydrogen) atoms. The number of halogens is 1. The maximum Gasteiger partial charge on any atom is 0.288 e. The van der Waals surface area contributed by atoms with Crippen LogP contribution in [-0.4, -0.2) is 15.8 Å². The molecule has 3 aromatic rings. The Morgan fingerprint density at radius 1 is 1.28 bits per heavy atom. The third-order valence-electron chi connectivity index (χ3n) is 3.44. The van der Waals surface area contributed by atoms with Gasteiger partial charge in [0.05, 0.1) is 15.6 Å². The second-order valence-corrected chi connectivity index (χ2v) is 6.68. The van der Waals surface area contributed by atoms with Gasteiger partial charge in [-0.25, -0.2) is 4.98 Å². The Morgan fingerprint density at radius 2 is 2.08 bits per heavy atom. The molecule has 0 aliphatic heterocycles. The summed E-state index contributed by atoms with van der Waals surface area (Å²) in [7, 11) is 0. The summed E-state index contributed by atoms with van der Waals surface area (Å²) < 4.78 is 0. The Morgan fingerprint density at radius 3 is 2.76 bits per heavy atom. The molecular formula is C17H12ClN3O3S. The number of hydrogen-bond acceptors (Lipinski definition) is 5. The third-order valence-corrected chi connectivity index (χ3v) is 4.53. The van der Waals surface area contributed by atoms with Crippen LogP contribution in [0.15, 0.2) is 47.8 Å². The molecule has 0 fully saturated rings. The molecule has 126 valence electrons. The molecule has 0 saturated heterocycles. The Bertz CT molecular complexity index is 971. The normalized spacial score (nSPS) is 10.5. The highest BCUT2D eigenvalue weighted by molar-refractivity contribution is 7.09. The molecule has 1 heterocycles. The fourth-order valence-electron chi connectivity index (χ4n) is 2.25. The molecule has 0 bridgehead atoms. The van der Waals surface area contributed by atoms with Gasteiger partial charge in [0, 0.05) is 28.3 Å². The van der Waals surface area contributed by atoms with Gasteiger partial charge in [-0.05, 0) is 31.2 Å². The SMILES string of the molecule is Cc1nc(-c2cccc(NC(=O)c3ccc(Cl)c([N+](=O)[O-])c3)c2)cs1. The minimum Gasteiger partial charge on any atom is -0.322 e. The molecule has 0 spiro atoms. The number of rotatable bonds is 4. The number of carbonyl (C=O) groups is 1. The van der Waals surface area contributed by atoms with Gasteiger partial charge in [-0.15, -0.1) is 11.3 Å². The van der Waals surface area contributed by atoms with Crippen LogP contribution < -0.4 is 5.32 Å². The van der Waals surface area contributed by atoms with Gasteiger partial charge in [0.2, 0.25) is 0 Å². The quantitative estimate of drug-likeness (QED) is 0.518. The molecule has 0 saturated carbocycles. The number of nitrogens with one attached hydrogen (secondary N) is 1. The predicted molar refractivity (Wildman–Crippen MR) is 98.3 cm³/mol. The van der Waals surface area contributed by atoms with Crippen LogP contribution in [0.25, 0.3) is 11.3 Å². The summed E-state index contributed by atoms with van der Waals surface area (Å²) in [4.78, 5) is 27.1. The molecule has 0 aliphatic carbocycles. The van der Waals surface area contributed by atoms with Gasteiger partial charge >= 0.3 is 0 Å². The predicted octanol–water partition coefficient (Wildman–Crippen LogP) is 4.93. The van der Waals surface area contributed by atoms with Gasteiger partial charge in [-0.1, -0.05) is 23.7 Å². The second-order valence-electron chi connectivity index (χ2n) is 5.21. The molecule has 1 N–H and O–H groups in total. The summed E-state index contributed by atoms with van der Waals surface area (Å²) in [5.74, 6) is -0.452. The maximum atomic E-state index is 12.4. The Kier molecular flexibility index (Phi) is 4.78. The van der Waals surface area contributed by atoms with Crippen molar-refractivity contribution in [3.05, 3.63) is 73.6 Å². The number of carbonyl (C=O) groups excluding carboxylic acids is 1. The van der Waals surface area contributed by atoms with Gasteiger partial charge in [0.15, 0.2) is 0 Å². The van der Waals surface area contributed by atoms with E-state index in [1.54, 1.807) is 23.5 Å². The monoisotopic (exact) mass is 373 g/mol. The molecule has 0 radical (unpaired) electrons. The van der Waals surface area contributed by atoms with Gasteiger partial charge in [-0.2, -0.15) is 0 Å². The Balaban J connectivity index is 1.84. The van der Waals surface area contributed by atoms with Crippen LogP contribution in [-0.2, 0) is 0 Å². The first-order valence-corrected chi connectivity index (χ1v) is 8.47. The van der Waals surface area contributed by atoms with Crippen molar-refractivity contribution in [2.75, 3.05) is 5.32 Å². The average Bonchev–Trinajstić information content (AvgIpc) is 3.01. The highest BCUT2D eigenvalue weighted by Gasteiger charge is 2.16. The van der Waals surface area contributed by atoms with Crippen LogP contribution in [0.2, 0.25) is 5.02 Å². The zero-order valence-corrected chi connectivity index (χ0v) is 14.6. The number of amides is 1. The lowest BCUT2D eigenvalue weighted by Gasteiger charge is -2.07. The molecule has 3 rings (SSSR count). The summed E-state index contributed by atoms with van der Waals surface area (Å²) in [6.45, 7) is 1.92. The van der Waals surface area contributed by atoms with Gasteiger partial charge < -0.3 is 5.32 Å². The van der Waals surface area contributed by atoms with Crippen molar-refractivity contribution >= 4 is 40.2 Å². The molecule has 6 nitrogen and oxygen atoms in total. The summed E-state index contributed by atoms with van der Waals surface area (Å²) in [5, 5.41) is 16.6. The van der Waals surface area contributed by atoms with E-state index in [9.17, 15) is 14.9 Å². The summed E-state index contributed by atoms with van der Waals surface area (Å²) >= 11 is 7.31. The Labute approximate surface area is 152 Å². The minimum atomic E-state index is -0.621. The van der Waals surface area contributed by atoms with E-state index >= 15 is 0 Å². The summed E-state index contributed by atoms with van der Waals surface area (Å²) in [5.41, 5.74) is 2.14. The van der Waals surface area contributed by atoms with E-state index in [1.165, 1.54) is 12.1 Å². The molecule has 1 amide bonds. The van der Waals surface area contributed by atoms with Crippen molar-refractivity contribution in [3.8, 4) is 11.3 Å². The highest BCUT2D eigenvalue weighted by Crippen LogP contribution is 2.27. The summed E-state index contributed by atoms with van der Waals surface area (Å²) in [6.07, 6.45) is 0. The zero-order valence-electron chi connectivity index (χ0n) is 13.0. The molecule has 8 heteroatoms. The maximum absolute atomic E-state index is 12.4. The number of aryl methyl sites for hydroxylation is 1. The van der Waals surface area contributed by atoms with Crippen molar-refractivity contribution < 1.29 is 9.72 Å². The second kappa shape index (κ2) is 7.00. The Hall–Kier alpha value is -2.77. The van der Waals surface area contributed by atoms with Crippen molar-refractivity contribution in [1.29, 1.82) is 0 Å². The molecular weight excluding hydrogens is 362 g/mol. The molecule has 0 aliphatic rings. The van der Waals surface area contributed by atoms with E-state index in [1.807, 2.05) is 24.4 Å². The standard InChI is InChI=1S/C17H12ClN3O3S/c1-10-19-15(9-25-10)11-3-2-4-13(7-11)20-17(22)12-5-6-14(18)16(8-12)21(23)24/h2-9H,1H3,(H,20,22). The van der Waals surface area contributed by atoms with Crippen LogP contribution in [0, 0.1) is 17.0 Å². The average molecular weight is 374 g/mol. The van der Waals surface area contributed by atoms with Crippen molar-refractivity contribution in [2.45, 2.75) is 6.92 Å². The van der Waals surface area contributed by atoms with Crippen LogP contribution in [0.5, 0.6) is 0 Å². The van der Waals surface area contributed by atoms with E-state index in [0.717, 1.165) is 22.3 Å². The first kappa shape index (κ1) is 17.1. The molecule has 2 aromatic carbocycles. The van der Waals surface area contributed by atoms with E-state index in [-0.39, 0.29) is 16.3 Å². The van der Waals surface area contributed by atoms with Crippen molar-refractivity contribution in [2.24, 2.45) is 0 Å². The number of nitro groups is 1. The first-order valence-electron chi connectivity index (χ1n) is 7.22. The highest BCUT2D eigenvalue weighted by atomic mass is 35.5. The molecule has 0 atom stereocenters. The first-order chi connectivity index (χ1) is 11.9. The topological polar surface area (TPSA) is 85.1 Å². The fourth-order valence-corrected chi connectivity index (χ4v) is 3.06. The van der Waals surface area contributed by atoms with E-state index < -0.39 is 10.8 Å². The van der Waals surface area contributed by atoms with Crippen LogP contribution in [0.1, 0.15) is 15.4 Å². The third kappa shape index (κ3) is 3.84.